The summed E-state index contributed by atoms with van der Waals surface area (Å²) in [6.45, 7) is 16.5. The van der Waals surface area contributed by atoms with Gasteiger partial charge in [-0.1, -0.05) is 52.8 Å². The molecule has 0 aliphatic heterocycles. The molecule has 0 aromatic carbocycles. The van der Waals surface area contributed by atoms with Crippen molar-refractivity contribution in [3.05, 3.63) is 23.8 Å². The predicted octanol–water partition coefficient (Wildman–Crippen LogP) is 5.70. The van der Waals surface area contributed by atoms with Gasteiger partial charge in [0.05, 0.1) is 6.10 Å². The van der Waals surface area contributed by atoms with E-state index in [1.807, 2.05) is 0 Å². The minimum atomic E-state index is -1.67. The summed E-state index contributed by atoms with van der Waals surface area (Å²) < 4.78 is 6.64. The Morgan fingerprint density at radius 1 is 1.30 bits per heavy atom. The zero-order valence-corrected chi connectivity index (χ0v) is 15.4. The van der Waals surface area contributed by atoms with Gasteiger partial charge in [-0.05, 0) is 54.3 Å². The van der Waals surface area contributed by atoms with E-state index < -0.39 is 8.32 Å². The van der Waals surface area contributed by atoms with Crippen molar-refractivity contribution < 1.29 is 4.43 Å². The smallest absolute Gasteiger partial charge is 0.192 e. The van der Waals surface area contributed by atoms with Gasteiger partial charge >= 0.3 is 0 Å². The molecule has 0 saturated heterocycles. The molecule has 114 valence electrons. The molecule has 0 fully saturated rings. The van der Waals surface area contributed by atoms with Gasteiger partial charge in [0.25, 0.3) is 0 Å². The lowest BCUT2D eigenvalue weighted by Crippen LogP contribution is -2.46. The molecule has 0 N–H and O–H groups in total. The quantitative estimate of drug-likeness (QED) is 0.593. The van der Waals surface area contributed by atoms with E-state index in [0.29, 0.717) is 17.4 Å². The van der Waals surface area contributed by atoms with Crippen molar-refractivity contribution in [2.75, 3.05) is 0 Å². The highest BCUT2D eigenvalue weighted by Gasteiger charge is 2.43. The highest BCUT2D eigenvalue weighted by molar-refractivity contribution is 6.74. The molecule has 2 heteroatoms. The van der Waals surface area contributed by atoms with Gasteiger partial charge in [-0.15, -0.1) is 0 Å². The van der Waals surface area contributed by atoms with Gasteiger partial charge in [0, 0.05) is 0 Å². The Morgan fingerprint density at radius 2 is 1.95 bits per heavy atom. The fraction of sp³-hybridized carbons (Fsp3) is 0.778. The molecule has 1 unspecified atom stereocenters. The zero-order chi connectivity index (χ0) is 15.2. The predicted molar refractivity (Wildman–Crippen MR) is 90.4 cm³/mol. The van der Waals surface area contributed by atoms with E-state index in [9.17, 15) is 0 Å². The second-order valence-electron chi connectivity index (χ2n) is 8.53. The number of hydrogen-bond acceptors (Lipinski definition) is 1. The van der Waals surface area contributed by atoms with E-state index in [-0.39, 0.29) is 5.04 Å². The molecule has 2 rings (SSSR count). The van der Waals surface area contributed by atoms with Crippen LogP contribution in [0.4, 0.5) is 0 Å². The lowest BCUT2D eigenvalue weighted by molar-refractivity contribution is 0.121. The first kappa shape index (κ1) is 16.0. The van der Waals surface area contributed by atoms with Crippen LogP contribution in [0.15, 0.2) is 23.8 Å². The van der Waals surface area contributed by atoms with Gasteiger partial charge in [0.1, 0.15) is 0 Å². The molecule has 0 saturated carbocycles. The summed E-state index contributed by atoms with van der Waals surface area (Å²) in [7, 11) is -1.67. The van der Waals surface area contributed by atoms with E-state index >= 15 is 0 Å². The minimum Gasteiger partial charge on any atom is -0.411 e. The van der Waals surface area contributed by atoms with Gasteiger partial charge < -0.3 is 4.43 Å². The molecule has 1 nitrogen and oxygen atoms in total. The monoisotopic (exact) mass is 292 g/mol. The van der Waals surface area contributed by atoms with Gasteiger partial charge in [-0.3, -0.25) is 0 Å². The largest absolute Gasteiger partial charge is 0.411 e. The molecule has 0 spiro atoms. The Balaban J connectivity index is 2.22. The second kappa shape index (κ2) is 5.13. The lowest BCUT2D eigenvalue weighted by atomic mass is 9.62. The zero-order valence-electron chi connectivity index (χ0n) is 14.4. The molecule has 0 aromatic rings. The summed E-state index contributed by atoms with van der Waals surface area (Å²) >= 11 is 0. The van der Waals surface area contributed by atoms with Crippen molar-refractivity contribution >= 4 is 8.32 Å². The highest BCUT2D eigenvalue weighted by atomic mass is 28.4. The number of allylic oxidation sites excluding steroid dienone is 3. The maximum atomic E-state index is 6.64. The molecular formula is C18H32OSi. The van der Waals surface area contributed by atoms with Crippen LogP contribution in [0.5, 0.6) is 0 Å². The Kier molecular flexibility index (Phi) is 4.12. The Morgan fingerprint density at radius 3 is 2.55 bits per heavy atom. The fourth-order valence-corrected chi connectivity index (χ4v) is 4.49. The summed E-state index contributed by atoms with van der Waals surface area (Å²) in [5, 5.41) is 0.290. The first-order valence-electron chi connectivity index (χ1n) is 8.13. The average molecular weight is 293 g/mol. The number of hydrogen-bond donors (Lipinski definition) is 0. The summed E-state index contributed by atoms with van der Waals surface area (Å²) in [6, 6.07) is 0. The number of fused-ring (bicyclic) bond motifs is 1. The normalized spacial score (nSPS) is 34.6. The van der Waals surface area contributed by atoms with Crippen LogP contribution >= 0.6 is 0 Å². The highest BCUT2D eigenvalue weighted by Crippen LogP contribution is 2.49. The van der Waals surface area contributed by atoms with Gasteiger partial charge in [-0.25, -0.2) is 0 Å². The van der Waals surface area contributed by atoms with Crippen molar-refractivity contribution in [1.82, 2.24) is 0 Å². The van der Waals surface area contributed by atoms with Crippen LogP contribution in [0.1, 0.15) is 53.9 Å². The summed E-state index contributed by atoms with van der Waals surface area (Å²) in [5.41, 5.74) is 1.90. The van der Waals surface area contributed by atoms with Crippen LogP contribution in [0, 0.1) is 11.3 Å². The van der Waals surface area contributed by atoms with E-state index in [0.717, 1.165) is 0 Å². The van der Waals surface area contributed by atoms with Crippen LogP contribution in [-0.2, 0) is 4.43 Å². The molecule has 0 heterocycles. The molecule has 2 aliphatic rings. The van der Waals surface area contributed by atoms with Crippen molar-refractivity contribution in [3.63, 3.8) is 0 Å². The van der Waals surface area contributed by atoms with Crippen molar-refractivity contribution in [2.24, 2.45) is 11.3 Å². The Hall–Kier alpha value is -0.343. The maximum Gasteiger partial charge on any atom is 0.192 e. The number of rotatable bonds is 2. The second-order valence-corrected chi connectivity index (χ2v) is 13.3. The van der Waals surface area contributed by atoms with E-state index in [2.05, 4.69) is 65.9 Å². The molecule has 0 bridgehead atoms. The SMILES string of the molecule is C[C@@H]1CC(O[Si](C)(C)C(C)(C)C)C=C2C=CCC[C@]21C. The summed E-state index contributed by atoms with van der Waals surface area (Å²) in [5.74, 6) is 0.710. The van der Waals surface area contributed by atoms with Gasteiger partial charge in [0.2, 0.25) is 0 Å². The minimum absolute atomic E-state index is 0.290. The van der Waals surface area contributed by atoms with Crippen LogP contribution in [0.25, 0.3) is 0 Å². The molecule has 0 amide bonds. The molecular weight excluding hydrogens is 260 g/mol. The standard InChI is InChI=1S/C18H32OSi/c1-14-12-16(19-20(6,7)17(2,3)4)13-15-10-8-9-11-18(14,15)5/h8,10,13-14,16H,9,11-12H2,1-7H3/t14-,16?,18+/m1/s1. The molecule has 0 aromatic heterocycles. The summed E-state index contributed by atoms with van der Waals surface area (Å²) in [6.07, 6.45) is 11.1. The van der Waals surface area contributed by atoms with Crippen molar-refractivity contribution in [3.8, 4) is 0 Å². The third-order valence-corrected chi connectivity index (χ3v) is 10.6. The van der Waals surface area contributed by atoms with E-state index in [1.165, 1.54) is 24.8 Å². The third kappa shape index (κ3) is 2.82. The first-order chi connectivity index (χ1) is 9.06. The van der Waals surface area contributed by atoms with E-state index in [4.69, 9.17) is 4.43 Å². The average Bonchev–Trinajstić information content (AvgIpc) is 2.29. The fourth-order valence-electron chi connectivity index (χ4n) is 3.22. The first-order valence-corrected chi connectivity index (χ1v) is 11.0. The van der Waals surface area contributed by atoms with Crippen molar-refractivity contribution in [2.45, 2.75) is 78.1 Å². The van der Waals surface area contributed by atoms with E-state index in [1.54, 1.807) is 0 Å². The molecule has 2 aliphatic carbocycles. The Labute approximate surface area is 126 Å². The van der Waals surface area contributed by atoms with Crippen LogP contribution in [-0.4, -0.2) is 14.4 Å². The summed E-state index contributed by atoms with van der Waals surface area (Å²) in [4.78, 5) is 0. The molecule has 3 atom stereocenters. The van der Waals surface area contributed by atoms with Crippen molar-refractivity contribution in [1.29, 1.82) is 0 Å². The lowest BCUT2D eigenvalue weighted by Gasteiger charge is -2.47. The van der Waals surface area contributed by atoms with Crippen LogP contribution in [0.2, 0.25) is 18.1 Å². The van der Waals surface area contributed by atoms with Gasteiger partial charge in [0.15, 0.2) is 8.32 Å². The maximum absolute atomic E-state index is 6.64. The topological polar surface area (TPSA) is 9.23 Å². The molecule has 0 radical (unpaired) electrons. The van der Waals surface area contributed by atoms with Gasteiger partial charge in [-0.2, -0.15) is 0 Å². The van der Waals surface area contributed by atoms with Crippen LogP contribution < -0.4 is 0 Å². The molecule has 20 heavy (non-hydrogen) atoms. The van der Waals surface area contributed by atoms with Crippen LogP contribution in [0.3, 0.4) is 0 Å². The third-order valence-electron chi connectivity index (χ3n) is 6.08. The Bertz CT molecular complexity index is 427.